The molecule has 94 valence electrons. The molecule has 5 nitrogen and oxygen atoms in total. The SMILES string of the molecule is CC1CSCCN1S(=O)(=O)c1ccnc(N)c1. The number of thioether (sulfide) groups is 1. The second kappa shape index (κ2) is 4.83. The predicted octanol–water partition coefficient (Wildman–Crippen LogP) is 0.790. The third-order valence-electron chi connectivity index (χ3n) is 2.67. The normalized spacial score (nSPS) is 22.5. The number of hydrogen-bond acceptors (Lipinski definition) is 5. The molecule has 0 amide bonds. The summed E-state index contributed by atoms with van der Waals surface area (Å²) in [5.74, 6) is 1.90. The first-order valence-corrected chi connectivity index (χ1v) is 7.92. The molecule has 1 aromatic rings. The molecule has 1 unspecified atom stereocenters. The summed E-state index contributed by atoms with van der Waals surface area (Å²) in [4.78, 5) is 4.03. The van der Waals surface area contributed by atoms with Crippen molar-refractivity contribution in [2.45, 2.75) is 17.9 Å². The Kier molecular flexibility index (Phi) is 3.60. The zero-order valence-corrected chi connectivity index (χ0v) is 11.2. The molecule has 1 fully saturated rings. The molecule has 1 aromatic heterocycles. The van der Waals surface area contributed by atoms with Crippen LogP contribution in [0.2, 0.25) is 0 Å². The summed E-state index contributed by atoms with van der Waals surface area (Å²) < 4.78 is 26.3. The lowest BCUT2D eigenvalue weighted by atomic mass is 10.4. The first-order valence-electron chi connectivity index (χ1n) is 5.33. The smallest absolute Gasteiger partial charge is 0.243 e. The van der Waals surface area contributed by atoms with Gasteiger partial charge in [0.05, 0.1) is 4.90 Å². The van der Waals surface area contributed by atoms with Crippen molar-refractivity contribution in [2.24, 2.45) is 0 Å². The van der Waals surface area contributed by atoms with Gasteiger partial charge in [-0.2, -0.15) is 16.1 Å². The molecule has 0 saturated carbocycles. The maximum absolute atomic E-state index is 12.4. The lowest BCUT2D eigenvalue weighted by Crippen LogP contribution is -2.44. The van der Waals surface area contributed by atoms with Gasteiger partial charge in [-0.15, -0.1) is 0 Å². The van der Waals surface area contributed by atoms with Gasteiger partial charge in [0.15, 0.2) is 0 Å². The van der Waals surface area contributed by atoms with Gasteiger partial charge in [-0.3, -0.25) is 0 Å². The summed E-state index contributed by atoms with van der Waals surface area (Å²) in [6.07, 6.45) is 1.42. The Bertz CT molecular complexity index is 504. The fourth-order valence-electron chi connectivity index (χ4n) is 1.79. The van der Waals surface area contributed by atoms with Crippen molar-refractivity contribution in [3.05, 3.63) is 18.3 Å². The standard InChI is InChI=1S/C10H15N3O2S2/c1-8-7-16-5-4-13(8)17(14,15)9-2-3-12-10(11)6-9/h2-3,6,8H,4-5,7H2,1H3,(H2,11,12). The number of hydrogen-bond donors (Lipinski definition) is 1. The summed E-state index contributed by atoms with van der Waals surface area (Å²) >= 11 is 1.78. The highest BCUT2D eigenvalue weighted by Gasteiger charge is 2.31. The summed E-state index contributed by atoms with van der Waals surface area (Å²) in [6, 6.07) is 2.91. The Hall–Kier alpha value is -0.790. The van der Waals surface area contributed by atoms with Gasteiger partial charge in [-0.25, -0.2) is 13.4 Å². The Morgan fingerprint density at radius 3 is 3.00 bits per heavy atom. The second-order valence-electron chi connectivity index (χ2n) is 3.96. The van der Waals surface area contributed by atoms with Crippen molar-refractivity contribution in [3.8, 4) is 0 Å². The molecular formula is C10H15N3O2S2. The molecule has 0 aliphatic carbocycles. The number of nitrogen functional groups attached to an aromatic ring is 1. The Morgan fingerprint density at radius 1 is 1.59 bits per heavy atom. The van der Waals surface area contributed by atoms with E-state index in [0.717, 1.165) is 11.5 Å². The molecule has 2 rings (SSSR count). The van der Waals surface area contributed by atoms with Crippen molar-refractivity contribution in [3.63, 3.8) is 0 Å². The minimum atomic E-state index is -3.43. The molecule has 1 saturated heterocycles. The third kappa shape index (κ3) is 2.56. The van der Waals surface area contributed by atoms with Gasteiger partial charge in [0.25, 0.3) is 0 Å². The van der Waals surface area contributed by atoms with Crippen LogP contribution in [0.15, 0.2) is 23.2 Å². The molecule has 0 aromatic carbocycles. The number of rotatable bonds is 2. The van der Waals surface area contributed by atoms with Gasteiger partial charge in [0, 0.05) is 36.4 Å². The van der Waals surface area contributed by atoms with Crippen LogP contribution in [0.25, 0.3) is 0 Å². The van der Waals surface area contributed by atoms with Crippen LogP contribution in [0.4, 0.5) is 5.82 Å². The fourth-order valence-corrected chi connectivity index (χ4v) is 4.67. The Morgan fingerprint density at radius 2 is 2.35 bits per heavy atom. The zero-order valence-electron chi connectivity index (χ0n) is 9.54. The molecule has 0 spiro atoms. The number of nitrogens with zero attached hydrogens (tertiary/aromatic N) is 2. The molecule has 1 aliphatic heterocycles. The van der Waals surface area contributed by atoms with Gasteiger partial charge in [-0.1, -0.05) is 0 Å². The van der Waals surface area contributed by atoms with E-state index in [-0.39, 0.29) is 16.8 Å². The van der Waals surface area contributed by atoms with E-state index in [4.69, 9.17) is 5.73 Å². The average molecular weight is 273 g/mol. The summed E-state index contributed by atoms with van der Waals surface area (Å²) in [5.41, 5.74) is 5.52. The number of anilines is 1. The maximum Gasteiger partial charge on any atom is 0.243 e. The van der Waals surface area contributed by atoms with Gasteiger partial charge in [0.2, 0.25) is 10.0 Å². The van der Waals surface area contributed by atoms with Crippen LogP contribution >= 0.6 is 11.8 Å². The Labute approximate surface area is 105 Å². The number of sulfonamides is 1. The van der Waals surface area contributed by atoms with Gasteiger partial charge < -0.3 is 5.73 Å². The number of aromatic nitrogens is 1. The fraction of sp³-hybridized carbons (Fsp3) is 0.500. The second-order valence-corrected chi connectivity index (χ2v) is 7.00. The van der Waals surface area contributed by atoms with E-state index in [1.807, 2.05) is 6.92 Å². The molecule has 0 bridgehead atoms. The van der Waals surface area contributed by atoms with Gasteiger partial charge in [0.1, 0.15) is 5.82 Å². The lowest BCUT2D eigenvalue weighted by molar-refractivity contribution is 0.367. The maximum atomic E-state index is 12.4. The van der Waals surface area contributed by atoms with Crippen LogP contribution in [-0.4, -0.2) is 41.8 Å². The van der Waals surface area contributed by atoms with Crippen molar-refractivity contribution in [1.29, 1.82) is 0 Å². The highest BCUT2D eigenvalue weighted by molar-refractivity contribution is 7.99. The first-order chi connectivity index (χ1) is 8.01. The molecular weight excluding hydrogens is 258 g/mol. The lowest BCUT2D eigenvalue weighted by Gasteiger charge is -2.31. The van der Waals surface area contributed by atoms with Crippen LogP contribution in [0.1, 0.15) is 6.92 Å². The average Bonchev–Trinajstić information content (AvgIpc) is 2.29. The first kappa shape index (κ1) is 12.7. The van der Waals surface area contributed by atoms with Crippen LogP contribution < -0.4 is 5.73 Å². The largest absolute Gasteiger partial charge is 0.384 e. The summed E-state index contributed by atoms with van der Waals surface area (Å²) in [6.45, 7) is 2.48. The van der Waals surface area contributed by atoms with Gasteiger partial charge in [-0.05, 0) is 13.0 Å². The minimum absolute atomic E-state index is 0.0214. The Balaban J connectivity index is 2.35. The highest BCUT2D eigenvalue weighted by atomic mass is 32.2. The molecule has 2 N–H and O–H groups in total. The van der Waals surface area contributed by atoms with Crippen LogP contribution in [0.5, 0.6) is 0 Å². The molecule has 2 heterocycles. The monoisotopic (exact) mass is 273 g/mol. The number of pyridine rings is 1. The van der Waals surface area contributed by atoms with Crippen LogP contribution in [-0.2, 0) is 10.0 Å². The van der Waals surface area contributed by atoms with E-state index >= 15 is 0 Å². The van der Waals surface area contributed by atoms with E-state index in [1.165, 1.54) is 22.6 Å². The topological polar surface area (TPSA) is 76.3 Å². The molecule has 7 heteroatoms. The van der Waals surface area contributed by atoms with E-state index in [2.05, 4.69) is 4.98 Å². The van der Waals surface area contributed by atoms with Crippen molar-refractivity contribution >= 4 is 27.6 Å². The van der Waals surface area contributed by atoms with Crippen LogP contribution in [0.3, 0.4) is 0 Å². The molecule has 0 radical (unpaired) electrons. The van der Waals surface area contributed by atoms with E-state index < -0.39 is 10.0 Å². The van der Waals surface area contributed by atoms with Crippen molar-refractivity contribution in [1.82, 2.24) is 9.29 Å². The van der Waals surface area contributed by atoms with Crippen molar-refractivity contribution in [2.75, 3.05) is 23.8 Å². The van der Waals surface area contributed by atoms with E-state index in [9.17, 15) is 8.42 Å². The van der Waals surface area contributed by atoms with E-state index in [1.54, 1.807) is 11.8 Å². The molecule has 1 aliphatic rings. The summed E-state index contributed by atoms with van der Waals surface area (Å²) in [7, 11) is -3.43. The number of nitrogens with two attached hydrogens (primary N) is 1. The van der Waals surface area contributed by atoms with Gasteiger partial charge >= 0.3 is 0 Å². The highest BCUT2D eigenvalue weighted by Crippen LogP contribution is 2.24. The van der Waals surface area contributed by atoms with E-state index in [0.29, 0.717) is 6.54 Å². The quantitative estimate of drug-likeness (QED) is 0.862. The minimum Gasteiger partial charge on any atom is -0.384 e. The van der Waals surface area contributed by atoms with Crippen LogP contribution in [0, 0.1) is 0 Å². The summed E-state index contributed by atoms with van der Waals surface area (Å²) in [5, 5.41) is 0. The zero-order chi connectivity index (χ0) is 12.5. The molecule has 17 heavy (non-hydrogen) atoms. The predicted molar refractivity (Wildman–Crippen MR) is 69.3 cm³/mol. The third-order valence-corrected chi connectivity index (χ3v) is 5.86. The van der Waals surface area contributed by atoms with Crippen molar-refractivity contribution < 1.29 is 8.42 Å². The molecule has 1 atom stereocenters.